The van der Waals surface area contributed by atoms with Gasteiger partial charge in [0.1, 0.15) is 30.5 Å². The van der Waals surface area contributed by atoms with E-state index in [9.17, 15) is 30.3 Å². The third-order valence-corrected chi connectivity index (χ3v) is 8.23. The summed E-state index contributed by atoms with van der Waals surface area (Å²) in [5.74, 6) is -1.42. The summed E-state index contributed by atoms with van der Waals surface area (Å²) in [7, 11) is 0. The molecule has 14 atom stereocenters. The lowest BCUT2D eigenvalue weighted by Gasteiger charge is -2.48. The molecule has 41 heavy (non-hydrogen) atoms. The Morgan fingerprint density at radius 2 is 1.78 bits per heavy atom. The predicted octanol–water partition coefficient (Wildman–Crippen LogP) is -5.47. The molecule has 6 unspecified atom stereocenters. The molecule has 3 aliphatic rings. The molecule has 3 rings (SSSR count). The SMILES string of the molecule is C[C@@H]1C(O)[C@@H](OC2C(O)C(O[C@H]3O[C@H](CNC[C@@H](O)CO)CCC3N)[C@@H](N)C[C@H]2NC(=O)[C@@H](O)CN)OCC1(C)O. The summed E-state index contributed by atoms with van der Waals surface area (Å²) >= 11 is 0. The molecular formula is C25H49N5O11. The van der Waals surface area contributed by atoms with Crippen molar-refractivity contribution in [1.82, 2.24) is 10.6 Å². The average molecular weight is 596 g/mol. The van der Waals surface area contributed by atoms with Crippen molar-refractivity contribution in [3.63, 3.8) is 0 Å². The Morgan fingerprint density at radius 3 is 2.44 bits per heavy atom. The number of ether oxygens (including phenoxy) is 4. The molecule has 1 aliphatic carbocycles. The second-order valence-corrected chi connectivity index (χ2v) is 11.6. The molecule has 14 N–H and O–H groups in total. The molecule has 2 aliphatic heterocycles. The summed E-state index contributed by atoms with van der Waals surface area (Å²) in [6.45, 7) is 2.86. The van der Waals surface area contributed by atoms with Crippen LogP contribution in [-0.4, -0.2) is 148 Å². The zero-order valence-corrected chi connectivity index (χ0v) is 23.6. The van der Waals surface area contributed by atoms with E-state index in [0.29, 0.717) is 19.4 Å². The van der Waals surface area contributed by atoms with Gasteiger partial charge in [-0.25, -0.2) is 0 Å². The Bertz CT molecular complexity index is 829. The maximum atomic E-state index is 12.5. The number of hydrogen-bond donors (Lipinski definition) is 11. The van der Waals surface area contributed by atoms with Crippen molar-refractivity contribution in [1.29, 1.82) is 0 Å². The van der Waals surface area contributed by atoms with E-state index in [1.807, 2.05) is 0 Å². The molecule has 0 aromatic carbocycles. The number of nitrogens with one attached hydrogen (secondary N) is 2. The first kappa shape index (κ1) is 34.4. The van der Waals surface area contributed by atoms with Gasteiger partial charge in [0.05, 0.1) is 43.1 Å². The highest BCUT2D eigenvalue weighted by Gasteiger charge is 2.51. The zero-order valence-electron chi connectivity index (χ0n) is 23.6. The molecular weight excluding hydrogens is 546 g/mol. The molecule has 240 valence electrons. The monoisotopic (exact) mass is 595 g/mol. The summed E-state index contributed by atoms with van der Waals surface area (Å²) in [4.78, 5) is 12.5. The highest BCUT2D eigenvalue weighted by Crippen LogP contribution is 2.34. The second-order valence-electron chi connectivity index (χ2n) is 11.6. The highest BCUT2D eigenvalue weighted by atomic mass is 16.7. The van der Waals surface area contributed by atoms with Gasteiger partial charge in [-0.2, -0.15) is 0 Å². The summed E-state index contributed by atoms with van der Waals surface area (Å²) in [6.07, 6.45) is -8.69. The third kappa shape index (κ3) is 8.73. The predicted molar refractivity (Wildman–Crippen MR) is 143 cm³/mol. The molecule has 1 amide bonds. The molecule has 0 aromatic heterocycles. The van der Waals surface area contributed by atoms with Crippen molar-refractivity contribution in [3.05, 3.63) is 0 Å². The number of aliphatic hydroxyl groups excluding tert-OH is 5. The van der Waals surface area contributed by atoms with Crippen molar-refractivity contribution < 1.29 is 54.4 Å². The van der Waals surface area contributed by atoms with Gasteiger partial charge in [0, 0.05) is 31.6 Å². The maximum absolute atomic E-state index is 12.5. The van der Waals surface area contributed by atoms with Crippen molar-refractivity contribution in [2.75, 3.05) is 32.8 Å². The third-order valence-electron chi connectivity index (χ3n) is 8.23. The van der Waals surface area contributed by atoms with Crippen molar-refractivity contribution >= 4 is 5.91 Å². The van der Waals surface area contributed by atoms with Gasteiger partial charge in [0.15, 0.2) is 12.6 Å². The highest BCUT2D eigenvalue weighted by molar-refractivity contribution is 5.81. The molecule has 1 saturated carbocycles. The maximum Gasteiger partial charge on any atom is 0.250 e. The fourth-order valence-electron chi connectivity index (χ4n) is 5.27. The van der Waals surface area contributed by atoms with Gasteiger partial charge in [0.2, 0.25) is 5.91 Å². The quantitative estimate of drug-likeness (QED) is 0.100. The molecule has 0 spiro atoms. The molecule has 0 radical (unpaired) electrons. The van der Waals surface area contributed by atoms with Gasteiger partial charge < -0.3 is 77.4 Å². The fraction of sp³-hybridized carbons (Fsp3) is 0.960. The fourth-order valence-corrected chi connectivity index (χ4v) is 5.27. The van der Waals surface area contributed by atoms with Gasteiger partial charge in [-0.05, 0) is 26.2 Å². The molecule has 2 heterocycles. The minimum Gasteiger partial charge on any atom is -0.394 e. The van der Waals surface area contributed by atoms with Crippen LogP contribution >= 0.6 is 0 Å². The molecule has 16 heteroatoms. The lowest BCUT2D eigenvalue weighted by Crippen LogP contribution is -2.68. The van der Waals surface area contributed by atoms with E-state index in [1.54, 1.807) is 6.92 Å². The van der Waals surface area contributed by atoms with E-state index in [-0.39, 0.29) is 38.8 Å². The van der Waals surface area contributed by atoms with Crippen LogP contribution in [0.4, 0.5) is 0 Å². The largest absolute Gasteiger partial charge is 0.394 e. The Morgan fingerprint density at radius 1 is 1.10 bits per heavy atom. The van der Waals surface area contributed by atoms with E-state index >= 15 is 0 Å². The summed E-state index contributed by atoms with van der Waals surface area (Å²) in [5, 5.41) is 66.8. The lowest BCUT2D eigenvalue weighted by molar-refractivity contribution is -0.314. The van der Waals surface area contributed by atoms with Crippen LogP contribution < -0.4 is 27.8 Å². The first-order chi connectivity index (χ1) is 19.3. The molecule has 16 nitrogen and oxygen atoms in total. The molecule has 2 saturated heterocycles. The molecule has 3 fully saturated rings. The average Bonchev–Trinajstić information content (AvgIpc) is 2.93. The summed E-state index contributed by atoms with van der Waals surface area (Å²) in [5.41, 5.74) is 16.8. The van der Waals surface area contributed by atoms with E-state index < -0.39 is 84.8 Å². The first-order valence-corrected chi connectivity index (χ1v) is 14.1. The van der Waals surface area contributed by atoms with Gasteiger partial charge in [-0.1, -0.05) is 6.92 Å². The van der Waals surface area contributed by atoms with E-state index in [0.717, 1.165) is 0 Å². The van der Waals surface area contributed by atoms with Crippen LogP contribution in [0.3, 0.4) is 0 Å². The number of rotatable bonds is 12. The molecule has 0 aromatic rings. The Labute approximate surface area is 239 Å². The van der Waals surface area contributed by atoms with Crippen LogP contribution in [-0.2, 0) is 23.7 Å². The Kier molecular flexibility index (Phi) is 12.6. The van der Waals surface area contributed by atoms with Crippen LogP contribution in [0.15, 0.2) is 0 Å². The number of amides is 1. The topological polar surface area (TPSA) is 277 Å². The first-order valence-electron chi connectivity index (χ1n) is 14.1. The number of carbonyl (C=O) groups excluding carboxylic acids is 1. The van der Waals surface area contributed by atoms with Crippen LogP contribution in [0.5, 0.6) is 0 Å². The van der Waals surface area contributed by atoms with E-state index in [4.69, 9.17) is 41.3 Å². The van der Waals surface area contributed by atoms with Gasteiger partial charge in [0.25, 0.3) is 0 Å². The number of nitrogens with two attached hydrogens (primary N) is 3. The van der Waals surface area contributed by atoms with Gasteiger partial charge >= 0.3 is 0 Å². The number of hydrogen-bond acceptors (Lipinski definition) is 15. The normalized spacial score (nSPS) is 43.3. The van der Waals surface area contributed by atoms with Crippen LogP contribution in [0.1, 0.15) is 33.1 Å². The van der Waals surface area contributed by atoms with Gasteiger partial charge in [-0.15, -0.1) is 0 Å². The van der Waals surface area contributed by atoms with Crippen LogP contribution in [0.2, 0.25) is 0 Å². The zero-order chi connectivity index (χ0) is 30.5. The van der Waals surface area contributed by atoms with Crippen LogP contribution in [0.25, 0.3) is 0 Å². The van der Waals surface area contributed by atoms with Crippen molar-refractivity contribution in [2.24, 2.45) is 23.1 Å². The standard InChI is InChI=1S/C25H49N5O11/c1-11-18(34)24(38-10-25(11,2)37)41-21-16(30-22(36)17(33)6-26)5-15(28)20(19(21)35)40-23-14(27)4-3-13(39-23)8-29-7-12(32)9-31/h11-21,23-24,29,31-35,37H,3-10,26-28H2,1-2H3,(H,30,36)/t11-,12-,13+,14?,15+,16-,17+,18?,19?,20?,21?,23-,24-,25?/m1/s1. The lowest BCUT2D eigenvalue weighted by atomic mass is 9.82. The second kappa shape index (κ2) is 15.1. The Hall–Kier alpha value is -1.09. The minimum absolute atomic E-state index is 0.0531. The summed E-state index contributed by atoms with van der Waals surface area (Å²) in [6, 6.07) is -2.27. The van der Waals surface area contributed by atoms with Gasteiger partial charge in [-0.3, -0.25) is 4.79 Å². The Balaban J connectivity index is 1.73. The van der Waals surface area contributed by atoms with E-state index in [2.05, 4.69) is 10.6 Å². The van der Waals surface area contributed by atoms with Crippen LogP contribution in [0, 0.1) is 5.92 Å². The smallest absolute Gasteiger partial charge is 0.250 e. The van der Waals surface area contributed by atoms with Crippen molar-refractivity contribution in [3.8, 4) is 0 Å². The number of aliphatic hydroxyl groups is 6. The minimum atomic E-state index is -1.50. The van der Waals surface area contributed by atoms with Crippen molar-refractivity contribution in [2.45, 2.75) is 112 Å². The molecule has 0 bridgehead atoms. The van der Waals surface area contributed by atoms with E-state index in [1.165, 1.54) is 6.92 Å². The number of carbonyl (C=O) groups is 1. The summed E-state index contributed by atoms with van der Waals surface area (Å²) < 4.78 is 23.8.